The highest BCUT2D eigenvalue weighted by Gasteiger charge is 2.20. The Morgan fingerprint density at radius 3 is 3.08 bits per heavy atom. The minimum absolute atomic E-state index is 0.930. The molecule has 1 N–H and O–H groups in total. The van der Waals surface area contributed by atoms with Gasteiger partial charge in [0.05, 0.1) is 0 Å². The van der Waals surface area contributed by atoms with E-state index in [2.05, 4.69) is 17.2 Å². The van der Waals surface area contributed by atoms with Gasteiger partial charge >= 0.3 is 0 Å². The van der Waals surface area contributed by atoms with Crippen molar-refractivity contribution in [3.05, 3.63) is 11.1 Å². The maximum atomic E-state index is 4.29. The molecule has 3 heteroatoms. The molecule has 1 aromatic rings. The number of nitrogens with one attached hydrogen (secondary N) is 1. The Bertz CT molecular complexity index is 253. The summed E-state index contributed by atoms with van der Waals surface area (Å²) in [6.45, 7) is 3.29. The van der Waals surface area contributed by atoms with Gasteiger partial charge in [0.2, 0.25) is 0 Å². The van der Waals surface area contributed by atoms with Crippen LogP contribution >= 0.6 is 11.3 Å². The summed E-state index contributed by atoms with van der Waals surface area (Å²) in [6, 6.07) is 0. The Labute approximate surface area is 77.0 Å². The molecule has 1 heterocycles. The first-order valence-electron chi connectivity index (χ1n) is 4.57. The van der Waals surface area contributed by atoms with Crippen LogP contribution in [0.3, 0.4) is 0 Å². The molecular weight excluding hydrogens is 168 g/mol. The molecule has 1 fully saturated rings. The van der Waals surface area contributed by atoms with Gasteiger partial charge in [-0.2, -0.15) is 0 Å². The van der Waals surface area contributed by atoms with Gasteiger partial charge in [0.25, 0.3) is 0 Å². The highest BCUT2D eigenvalue weighted by molar-refractivity contribution is 7.15. The molecule has 0 spiro atoms. The average molecular weight is 182 g/mol. The molecule has 0 saturated heterocycles. The van der Waals surface area contributed by atoms with Crippen LogP contribution in [0.15, 0.2) is 6.20 Å². The average Bonchev–Trinajstić information content (AvgIpc) is 2.81. The molecule has 1 aromatic heterocycles. The van der Waals surface area contributed by atoms with Gasteiger partial charge in [-0.05, 0) is 25.2 Å². The van der Waals surface area contributed by atoms with Gasteiger partial charge in [0.1, 0.15) is 0 Å². The number of nitrogens with zero attached hydrogens (tertiary/aromatic N) is 1. The van der Waals surface area contributed by atoms with E-state index >= 15 is 0 Å². The molecule has 12 heavy (non-hydrogen) atoms. The molecule has 1 aliphatic rings. The van der Waals surface area contributed by atoms with E-state index in [1.807, 2.05) is 6.20 Å². The van der Waals surface area contributed by atoms with Gasteiger partial charge in [0, 0.05) is 17.6 Å². The predicted molar refractivity (Wildman–Crippen MR) is 52.7 cm³/mol. The van der Waals surface area contributed by atoms with Crippen LogP contribution < -0.4 is 5.32 Å². The molecule has 66 valence electrons. The molecule has 1 aliphatic carbocycles. The lowest BCUT2D eigenvalue weighted by Gasteiger charge is -1.97. The SMILES string of the molecule is CCc1cnc(NCC2CC2)s1. The van der Waals surface area contributed by atoms with Crippen LogP contribution in [0.4, 0.5) is 5.13 Å². The zero-order valence-corrected chi connectivity index (χ0v) is 8.16. The van der Waals surface area contributed by atoms with E-state index in [0.717, 1.165) is 24.0 Å². The topological polar surface area (TPSA) is 24.9 Å². The fourth-order valence-electron chi connectivity index (χ4n) is 1.11. The van der Waals surface area contributed by atoms with Crippen molar-refractivity contribution in [3.63, 3.8) is 0 Å². The van der Waals surface area contributed by atoms with E-state index in [9.17, 15) is 0 Å². The lowest BCUT2D eigenvalue weighted by molar-refractivity contribution is 0.887. The Hall–Kier alpha value is -0.570. The third kappa shape index (κ3) is 1.97. The lowest BCUT2D eigenvalue weighted by Crippen LogP contribution is -2.01. The summed E-state index contributed by atoms with van der Waals surface area (Å²) in [7, 11) is 0. The summed E-state index contributed by atoms with van der Waals surface area (Å²) >= 11 is 1.78. The molecule has 0 unspecified atom stereocenters. The Morgan fingerprint density at radius 1 is 1.67 bits per heavy atom. The van der Waals surface area contributed by atoms with Gasteiger partial charge in [-0.15, -0.1) is 11.3 Å². The van der Waals surface area contributed by atoms with Gasteiger partial charge in [-0.1, -0.05) is 6.92 Å². The molecule has 0 aliphatic heterocycles. The van der Waals surface area contributed by atoms with Crippen LogP contribution in [-0.2, 0) is 6.42 Å². The molecule has 0 atom stereocenters. The largest absolute Gasteiger partial charge is 0.361 e. The molecule has 0 aromatic carbocycles. The highest BCUT2D eigenvalue weighted by Crippen LogP contribution is 2.29. The van der Waals surface area contributed by atoms with E-state index in [1.165, 1.54) is 17.7 Å². The maximum Gasteiger partial charge on any atom is 0.182 e. The second-order valence-electron chi connectivity index (χ2n) is 3.31. The monoisotopic (exact) mass is 182 g/mol. The van der Waals surface area contributed by atoms with Gasteiger partial charge in [-0.3, -0.25) is 0 Å². The van der Waals surface area contributed by atoms with Crippen molar-refractivity contribution < 1.29 is 0 Å². The number of aromatic nitrogens is 1. The minimum atomic E-state index is 0.930. The van der Waals surface area contributed by atoms with Crippen molar-refractivity contribution in [1.29, 1.82) is 0 Å². The molecule has 0 radical (unpaired) electrons. The number of aryl methyl sites for hydroxylation is 1. The molecule has 0 amide bonds. The van der Waals surface area contributed by atoms with E-state index < -0.39 is 0 Å². The zero-order chi connectivity index (χ0) is 8.39. The molecular formula is C9H14N2S. The first-order chi connectivity index (χ1) is 5.88. The van der Waals surface area contributed by atoms with E-state index in [-0.39, 0.29) is 0 Å². The Balaban J connectivity index is 1.84. The Morgan fingerprint density at radius 2 is 2.50 bits per heavy atom. The molecule has 0 bridgehead atoms. The number of thiazole rings is 1. The number of hydrogen-bond donors (Lipinski definition) is 1. The summed E-state index contributed by atoms with van der Waals surface area (Å²) in [5.74, 6) is 0.930. The van der Waals surface area contributed by atoms with Crippen molar-refractivity contribution in [2.75, 3.05) is 11.9 Å². The van der Waals surface area contributed by atoms with Crippen molar-refractivity contribution in [2.45, 2.75) is 26.2 Å². The van der Waals surface area contributed by atoms with Crippen LogP contribution in [0, 0.1) is 5.92 Å². The van der Waals surface area contributed by atoms with E-state index in [1.54, 1.807) is 11.3 Å². The fraction of sp³-hybridized carbons (Fsp3) is 0.667. The van der Waals surface area contributed by atoms with E-state index in [0.29, 0.717) is 0 Å². The number of rotatable bonds is 4. The first-order valence-corrected chi connectivity index (χ1v) is 5.38. The summed E-state index contributed by atoms with van der Waals surface area (Å²) in [5.41, 5.74) is 0. The fourth-order valence-corrected chi connectivity index (χ4v) is 1.87. The van der Waals surface area contributed by atoms with Crippen LogP contribution in [-0.4, -0.2) is 11.5 Å². The smallest absolute Gasteiger partial charge is 0.182 e. The third-order valence-corrected chi connectivity index (χ3v) is 3.24. The van der Waals surface area contributed by atoms with Gasteiger partial charge in [-0.25, -0.2) is 4.98 Å². The number of anilines is 1. The second kappa shape index (κ2) is 3.44. The van der Waals surface area contributed by atoms with Crippen LogP contribution in [0.25, 0.3) is 0 Å². The van der Waals surface area contributed by atoms with Crippen molar-refractivity contribution in [1.82, 2.24) is 4.98 Å². The summed E-state index contributed by atoms with van der Waals surface area (Å²) in [4.78, 5) is 5.66. The molecule has 1 saturated carbocycles. The summed E-state index contributed by atoms with van der Waals surface area (Å²) < 4.78 is 0. The quantitative estimate of drug-likeness (QED) is 0.774. The Kier molecular flexibility index (Phi) is 2.30. The van der Waals surface area contributed by atoms with Gasteiger partial charge < -0.3 is 5.32 Å². The normalized spacial score (nSPS) is 16.4. The standard InChI is InChI=1S/C9H14N2S/c1-2-8-6-11-9(12-8)10-5-7-3-4-7/h6-7H,2-5H2,1H3,(H,10,11). The van der Waals surface area contributed by atoms with Crippen molar-refractivity contribution in [2.24, 2.45) is 5.92 Å². The maximum absolute atomic E-state index is 4.29. The third-order valence-electron chi connectivity index (χ3n) is 2.14. The predicted octanol–water partition coefficient (Wildman–Crippen LogP) is 2.53. The lowest BCUT2D eigenvalue weighted by atomic mass is 10.4. The zero-order valence-electron chi connectivity index (χ0n) is 7.34. The van der Waals surface area contributed by atoms with Crippen molar-refractivity contribution >= 4 is 16.5 Å². The van der Waals surface area contributed by atoms with E-state index in [4.69, 9.17) is 0 Å². The summed E-state index contributed by atoms with van der Waals surface area (Å²) in [5, 5.41) is 4.46. The minimum Gasteiger partial charge on any atom is -0.361 e. The van der Waals surface area contributed by atoms with Crippen LogP contribution in [0.1, 0.15) is 24.6 Å². The number of hydrogen-bond acceptors (Lipinski definition) is 3. The van der Waals surface area contributed by atoms with Crippen LogP contribution in [0.5, 0.6) is 0 Å². The van der Waals surface area contributed by atoms with Crippen molar-refractivity contribution in [3.8, 4) is 0 Å². The van der Waals surface area contributed by atoms with Crippen LogP contribution in [0.2, 0.25) is 0 Å². The molecule has 2 rings (SSSR count). The highest BCUT2D eigenvalue weighted by atomic mass is 32.1. The first kappa shape index (κ1) is 8.05. The molecule has 2 nitrogen and oxygen atoms in total. The summed E-state index contributed by atoms with van der Waals surface area (Å²) in [6.07, 6.45) is 5.88. The van der Waals surface area contributed by atoms with Gasteiger partial charge in [0.15, 0.2) is 5.13 Å². The second-order valence-corrected chi connectivity index (χ2v) is 4.42.